The number of benzene rings is 2. The van der Waals surface area contributed by atoms with Gasteiger partial charge in [-0.1, -0.05) is 41.9 Å². The lowest BCUT2D eigenvalue weighted by Gasteiger charge is -2.19. The van der Waals surface area contributed by atoms with E-state index in [0.717, 1.165) is 11.3 Å². The highest BCUT2D eigenvalue weighted by atomic mass is 35.5. The van der Waals surface area contributed by atoms with Gasteiger partial charge in [-0.05, 0) is 35.9 Å². The van der Waals surface area contributed by atoms with Crippen LogP contribution in [0.3, 0.4) is 0 Å². The molecule has 3 rings (SSSR count). The van der Waals surface area contributed by atoms with E-state index in [1.54, 1.807) is 18.4 Å². The Morgan fingerprint density at radius 3 is 2.48 bits per heavy atom. The van der Waals surface area contributed by atoms with E-state index in [0.29, 0.717) is 10.7 Å². The number of halogens is 2. The Morgan fingerprint density at radius 1 is 1.00 bits per heavy atom. The average molecular weight is 302 g/mol. The molecule has 1 unspecified atom stereocenters. The average Bonchev–Trinajstić information content (AvgIpc) is 3.01. The molecule has 0 aliphatic carbocycles. The first-order valence-electron chi connectivity index (χ1n) is 6.54. The van der Waals surface area contributed by atoms with E-state index in [1.807, 2.05) is 42.5 Å². The van der Waals surface area contributed by atoms with Crippen LogP contribution < -0.4 is 5.32 Å². The van der Waals surface area contributed by atoms with Gasteiger partial charge in [0.1, 0.15) is 17.6 Å². The first kappa shape index (κ1) is 13.7. The summed E-state index contributed by atoms with van der Waals surface area (Å²) >= 11 is 5.78. The molecular weight excluding hydrogens is 289 g/mol. The van der Waals surface area contributed by atoms with Crippen molar-refractivity contribution >= 4 is 17.3 Å². The number of rotatable bonds is 4. The second-order valence-corrected chi connectivity index (χ2v) is 5.06. The van der Waals surface area contributed by atoms with Gasteiger partial charge in [-0.25, -0.2) is 4.39 Å². The molecule has 1 atom stereocenters. The maximum Gasteiger partial charge on any atom is 0.147 e. The Labute approximate surface area is 127 Å². The molecule has 1 aromatic heterocycles. The predicted octanol–water partition coefficient (Wildman–Crippen LogP) is 5.27. The molecule has 3 aromatic rings. The van der Waals surface area contributed by atoms with Crippen LogP contribution in [0.4, 0.5) is 10.1 Å². The summed E-state index contributed by atoms with van der Waals surface area (Å²) in [5.74, 6) is 0.325. The SMILES string of the molecule is Fc1cc(Cl)ccc1NC(c1ccccc1)c1ccco1. The second kappa shape index (κ2) is 6.02. The molecule has 0 aliphatic heterocycles. The number of hydrogen-bond donors (Lipinski definition) is 1. The summed E-state index contributed by atoms with van der Waals surface area (Å²) in [7, 11) is 0. The molecule has 0 radical (unpaired) electrons. The van der Waals surface area contributed by atoms with Crippen molar-refractivity contribution in [3.63, 3.8) is 0 Å². The molecule has 0 amide bonds. The zero-order valence-electron chi connectivity index (χ0n) is 11.1. The van der Waals surface area contributed by atoms with Gasteiger partial charge in [0.15, 0.2) is 0 Å². The molecule has 0 saturated heterocycles. The summed E-state index contributed by atoms with van der Waals surface area (Å²) in [6.45, 7) is 0. The molecule has 1 heterocycles. The van der Waals surface area contributed by atoms with E-state index in [1.165, 1.54) is 6.07 Å². The minimum absolute atomic E-state index is 0.267. The number of furan rings is 1. The molecule has 0 aliphatic rings. The Bertz CT molecular complexity index is 713. The van der Waals surface area contributed by atoms with Crippen molar-refractivity contribution in [2.24, 2.45) is 0 Å². The monoisotopic (exact) mass is 301 g/mol. The van der Waals surface area contributed by atoms with Crippen molar-refractivity contribution < 1.29 is 8.81 Å². The zero-order chi connectivity index (χ0) is 14.7. The van der Waals surface area contributed by atoms with Gasteiger partial charge in [0.25, 0.3) is 0 Å². The minimum Gasteiger partial charge on any atom is -0.467 e. The van der Waals surface area contributed by atoms with E-state index >= 15 is 0 Å². The van der Waals surface area contributed by atoms with Gasteiger partial charge in [0.2, 0.25) is 0 Å². The summed E-state index contributed by atoms with van der Waals surface area (Å²) in [5, 5.41) is 3.53. The summed E-state index contributed by atoms with van der Waals surface area (Å²) in [6.07, 6.45) is 1.60. The summed E-state index contributed by atoms with van der Waals surface area (Å²) in [5.41, 5.74) is 1.37. The van der Waals surface area contributed by atoms with E-state index in [-0.39, 0.29) is 6.04 Å². The Morgan fingerprint density at radius 2 is 1.81 bits per heavy atom. The van der Waals surface area contributed by atoms with Gasteiger partial charge in [0, 0.05) is 5.02 Å². The molecular formula is C17H13ClFNO. The van der Waals surface area contributed by atoms with Gasteiger partial charge in [-0.15, -0.1) is 0 Å². The highest BCUT2D eigenvalue weighted by Gasteiger charge is 2.18. The Kier molecular flexibility index (Phi) is 3.93. The van der Waals surface area contributed by atoms with Crippen molar-refractivity contribution in [1.29, 1.82) is 0 Å². The molecule has 21 heavy (non-hydrogen) atoms. The topological polar surface area (TPSA) is 25.2 Å². The fraction of sp³-hybridized carbons (Fsp3) is 0.0588. The first-order valence-corrected chi connectivity index (χ1v) is 6.92. The van der Waals surface area contributed by atoms with Crippen LogP contribution in [0.15, 0.2) is 71.3 Å². The van der Waals surface area contributed by atoms with Crippen LogP contribution in [0.1, 0.15) is 17.4 Å². The van der Waals surface area contributed by atoms with E-state index in [2.05, 4.69) is 5.32 Å². The molecule has 0 saturated carbocycles. The van der Waals surface area contributed by atoms with Crippen LogP contribution >= 0.6 is 11.6 Å². The van der Waals surface area contributed by atoms with Crippen LogP contribution in [0.25, 0.3) is 0 Å². The Balaban J connectivity index is 1.97. The van der Waals surface area contributed by atoms with Crippen molar-refractivity contribution in [2.45, 2.75) is 6.04 Å². The van der Waals surface area contributed by atoms with Crippen LogP contribution in [0.2, 0.25) is 5.02 Å². The van der Waals surface area contributed by atoms with E-state index < -0.39 is 5.82 Å². The molecule has 106 valence electrons. The number of anilines is 1. The third kappa shape index (κ3) is 3.09. The molecule has 1 N–H and O–H groups in total. The van der Waals surface area contributed by atoms with Gasteiger partial charge in [0.05, 0.1) is 12.0 Å². The first-order chi connectivity index (χ1) is 10.2. The molecule has 0 bridgehead atoms. The molecule has 4 heteroatoms. The molecule has 2 aromatic carbocycles. The van der Waals surface area contributed by atoms with Crippen LogP contribution in [0.5, 0.6) is 0 Å². The molecule has 0 spiro atoms. The van der Waals surface area contributed by atoms with Crippen molar-refractivity contribution in [3.8, 4) is 0 Å². The zero-order valence-corrected chi connectivity index (χ0v) is 11.8. The summed E-state index contributed by atoms with van der Waals surface area (Å²) in [6, 6.07) is 17.7. The number of hydrogen-bond acceptors (Lipinski definition) is 2. The quantitative estimate of drug-likeness (QED) is 0.710. The fourth-order valence-electron chi connectivity index (χ4n) is 2.18. The van der Waals surface area contributed by atoms with Crippen molar-refractivity contribution in [3.05, 3.63) is 89.1 Å². The maximum absolute atomic E-state index is 14.0. The lowest BCUT2D eigenvalue weighted by Crippen LogP contribution is -2.12. The third-order valence-corrected chi connectivity index (χ3v) is 3.43. The molecule has 0 fully saturated rings. The van der Waals surface area contributed by atoms with Gasteiger partial charge >= 0.3 is 0 Å². The van der Waals surface area contributed by atoms with Crippen LogP contribution in [0, 0.1) is 5.82 Å². The van der Waals surface area contributed by atoms with Gasteiger partial charge < -0.3 is 9.73 Å². The van der Waals surface area contributed by atoms with Gasteiger partial charge in [-0.3, -0.25) is 0 Å². The lowest BCUT2D eigenvalue weighted by molar-refractivity contribution is 0.498. The fourth-order valence-corrected chi connectivity index (χ4v) is 2.34. The van der Waals surface area contributed by atoms with Gasteiger partial charge in [-0.2, -0.15) is 0 Å². The van der Waals surface area contributed by atoms with Crippen LogP contribution in [-0.4, -0.2) is 0 Å². The summed E-state index contributed by atoms with van der Waals surface area (Å²) < 4.78 is 19.5. The smallest absolute Gasteiger partial charge is 0.147 e. The highest BCUT2D eigenvalue weighted by molar-refractivity contribution is 6.30. The standard InChI is InChI=1S/C17H13ClFNO/c18-13-8-9-15(14(19)11-13)20-17(16-7-4-10-21-16)12-5-2-1-3-6-12/h1-11,17,20H. The second-order valence-electron chi connectivity index (χ2n) is 4.63. The largest absolute Gasteiger partial charge is 0.467 e. The normalized spacial score (nSPS) is 12.1. The maximum atomic E-state index is 14.0. The van der Waals surface area contributed by atoms with Crippen LogP contribution in [-0.2, 0) is 0 Å². The minimum atomic E-state index is -0.394. The predicted molar refractivity (Wildman–Crippen MR) is 82.0 cm³/mol. The number of nitrogens with one attached hydrogen (secondary N) is 1. The molecule has 2 nitrogen and oxygen atoms in total. The van der Waals surface area contributed by atoms with E-state index in [4.69, 9.17) is 16.0 Å². The Hall–Kier alpha value is -2.26. The highest BCUT2D eigenvalue weighted by Crippen LogP contribution is 2.29. The van der Waals surface area contributed by atoms with E-state index in [9.17, 15) is 4.39 Å². The summed E-state index contributed by atoms with van der Waals surface area (Å²) in [4.78, 5) is 0. The van der Waals surface area contributed by atoms with Crippen molar-refractivity contribution in [2.75, 3.05) is 5.32 Å². The third-order valence-electron chi connectivity index (χ3n) is 3.19. The lowest BCUT2D eigenvalue weighted by atomic mass is 10.0. The van der Waals surface area contributed by atoms with Crippen molar-refractivity contribution in [1.82, 2.24) is 0 Å².